The average molecular weight is 118 g/mol. The van der Waals surface area contributed by atoms with Gasteiger partial charge in [0.15, 0.2) is 0 Å². The Bertz CT molecular complexity index is 65.3. The van der Waals surface area contributed by atoms with Gasteiger partial charge in [-0.05, 0) is 0 Å². The normalized spacial score (nSPS) is 6.67. The number of nitrogens with zero attached hydrogens (tertiary/aromatic N) is 1. The molecule has 2 nitrogen and oxygen atoms in total. The molecular weight excluding hydrogens is 115 g/mol. The van der Waals surface area contributed by atoms with Crippen molar-refractivity contribution in [2.75, 3.05) is 0 Å². The van der Waals surface area contributed by atoms with Crippen LogP contribution in [0.25, 0.3) is 0 Å². The summed E-state index contributed by atoms with van der Waals surface area (Å²) in [4.78, 5) is 6.24. The number of rotatable bonds is 0. The van der Waals surface area contributed by atoms with Crippen LogP contribution >= 0.6 is 0 Å². The molecular formula is C3H3N2V-. The molecule has 0 aliphatic heterocycles. The molecule has 0 saturated heterocycles. The van der Waals surface area contributed by atoms with Crippen LogP contribution in [0.3, 0.4) is 0 Å². The van der Waals surface area contributed by atoms with Gasteiger partial charge in [-0.2, -0.15) is 0 Å². The van der Waals surface area contributed by atoms with Gasteiger partial charge in [0.2, 0.25) is 0 Å². The maximum absolute atomic E-state index is 3.54. The Kier molecular flexibility index (Phi) is 2.90. The quantitative estimate of drug-likeness (QED) is 0.484. The van der Waals surface area contributed by atoms with Crippen LogP contribution in [0, 0.1) is 6.20 Å². The molecule has 0 atom stereocenters. The van der Waals surface area contributed by atoms with E-state index >= 15 is 0 Å². The second kappa shape index (κ2) is 3.00. The van der Waals surface area contributed by atoms with Crippen molar-refractivity contribution < 1.29 is 18.6 Å². The molecule has 0 aliphatic carbocycles. The summed E-state index contributed by atoms with van der Waals surface area (Å²) in [6, 6.07) is 0. The van der Waals surface area contributed by atoms with Gasteiger partial charge in [-0.3, -0.25) is 0 Å². The molecule has 1 radical (unpaired) electrons. The number of imidazole rings is 1. The molecule has 1 aromatic heterocycles. The maximum Gasteiger partial charge on any atom is 0 e. The van der Waals surface area contributed by atoms with E-state index in [9.17, 15) is 0 Å². The van der Waals surface area contributed by atoms with Crippen molar-refractivity contribution in [2.24, 2.45) is 0 Å². The minimum Gasteiger partial charge on any atom is -0.444 e. The third-order valence-corrected chi connectivity index (χ3v) is 0.362. The van der Waals surface area contributed by atoms with E-state index in [0.29, 0.717) is 0 Å². The topological polar surface area (TPSA) is 28.7 Å². The fourth-order valence-electron chi connectivity index (χ4n) is 0.186. The van der Waals surface area contributed by atoms with Gasteiger partial charge in [0.05, 0.1) is 0 Å². The van der Waals surface area contributed by atoms with Crippen LogP contribution < -0.4 is 0 Å². The van der Waals surface area contributed by atoms with Gasteiger partial charge >= 0.3 is 0 Å². The van der Waals surface area contributed by atoms with Crippen LogP contribution in [-0.2, 0) is 18.6 Å². The Morgan fingerprint density at radius 1 is 1.67 bits per heavy atom. The van der Waals surface area contributed by atoms with Crippen LogP contribution in [0.4, 0.5) is 0 Å². The van der Waals surface area contributed by atoms with Gasteiger partial charge in [-0.25, -0.2) is 0 Å². The van der Waals surface area contributed by atoms with Gasteiger partial charge in [0.1, 0.15) is 0 Å². The van der Waals surface area contributed by atoms with Gasteiger partial charge in [0, 0.05) is 18.6 Å². The van der Waals surface area contributed by atoms with Crippen molar-refractivity contribution in [2.45, 2.75) is 0 Å². The number of nitrogens with one attached hydrogen (secondary N) is 1. The standard InChI is InChI=1S/C3H3N2.V/c1-2-5-3-4-1;/h1,3H,(H,4,5);/q-1;. The monoisotopic (exact) mass is 118 g/mol. The van der Waals surface area contributed by atoms with Crippen molar-refractivity contribution in [3.8, 4) is 0 Å². The van der Waals surface area contributed by atoms with E-state index in [-0.39, 0.29) is 18.6 Å². The summed E-state index contributed by atoms with van der Waals surface area (Å²) in [5.74, 6) is 0. The average Bonchev–Trinajstić information content (AvgIpc) is 1.76. The van der Waals surface area contributed by atoms with Gasteiger partial charge < -0.3 is 9.97 Å². The van der Waals surface area contributed by atoms with E-state index in [0.717, 1.165) is 0 Å². The maximum atomic E-state index is 3.54. The summed E-state index contributed by atoms with van der Waals surface area (Å²) < 4.78 is 0. The number of hydrogen-bond acceptors (Lipinski definition) is 1. The summed E-state index contributed by atoms with van der Waals surface area (Å²) in [6.45, 7) is 0. The van der Waals surface area contributed by atoms with Crippen molar-refractivity contribution in [1.29, 1.82) is 0 Å². The number of H-pyrrole nitrogens is 1. The molecule has 0 unspecified atom stereocenters. The predicted molar refractivity (Wildman–Crippen MR) is 17.4 cm³/mol. The van der Waals surface area contributed by atoms with Gasteiger partial charge in [-0.1, -0.05) is 12.5 Å². The largest absolute Gasteiger partial charge is 0.444 e. The van der Waals surface area contributed by atoms with E-state index in [1.807, 2.05) is 0 Å². The Balaban J connectivity index is 0.000000250. The molecule has 1 aromatic rings. The summed E-state index contributed by atoms with van der Waals surface area (Å²) in [6.07, 6.45) is 5.76. The molecule has 0 aromatic carbocycles. The Hall–Kier alpha value is -0.206. The zero-order valence-electron chi connectivity index (χ0n) is 3.05. The van der Waals surface area contributed by atoms with Crippen LogP contribution in [0.5, 0.6) is 0 Å². The van der Waals surface area contributed by atoms with Crippen molar-refractivity contribution >= 4 is 0 Å². The molecule has 6 heavy (non-hydrogen) atoms. The Morgan fingerprint density at radius 2 is 2.50 bits per heavy atom. The van der Waals surface area contributed by atoms with Gasteiger partial charge in [0.25, 0.3) is 0 Å². The summed E-state index contributed by atoms with van der Waals surface area (Å²) >= 11 is 0. The second-order valence-corrected chi connectivity index (χ2v) is 0.698. The number of aromatic amines is 1. The minimum absolute atomic E-state index is 0. The zero-order chi connectivity index (χ0) is 3.54. The fraction of sp³-hybridized carbons (Fsp3) is 0. The van der Waals surface area contributed by atoms with E-state index < -0.39 is 0 Å². The molecule has 0 fully saturated rings. The van der Waals surface area contributed by atoms with E-state index in [4.69, 9.17) is 0 Å². The zero-order valence-corrected chi connectivity index (χ0v) is 4.45. The fourth-order valence-corrected chi connectivity index (χ4v) is 0.186. The predicted octanol–water partition coefficient (Wildman–Crippen LogP) is 0.207. The van der Waals surface area contributed by atoms with Crippen LogP contribution in [0.2, 0.25) is 0 Å². The molecule has 0 amide bonds. The van der Waals surface area contributed by atoms with Crippen LogP contribution in [-0.4, -0.2) is 9.97 Å². The molecule has 0 spiro atoms. The molecule has 1 rings (SSSR count). The summed E-state index contributed by atoms with van der Waals surface area (Å²) in [5, 5.41) is 0. The first kappa shape index (κ1) is 5.79. The van der Waals surface area contributed by atoms with Gasteiger partial charge in [-0.15, -0.1) is 6.20 Å². The third-order valence-electron chi connectivity index (χ3n) is 0.362. The first-order valence-corrected chi connectivity index (χ1v) is 1.35. The SMILES string of the molecule is [V].[c-]1c[nH]cn1. The Morgan fingerprint density at radius 3 is 2.67 bits per heavy atom. The van der Waals surface area contributed by atoms with E-state index in [1.165, 1.54) is 0 Å². The molecule has 3 heteroatoms. The van der Waals surface area contributed by atoms with Crippen molar-refractivity contribution in [3.63, 3.8) is 0 Å². The minimum atomic E-state index is 0. The van der Waals surface area contributed by atoms with Crippen molar-refractivity contribution in [3.05, 3.63) is 18.7 Å². The van der Waals surface area contributed by atoms with Crippen LogP contribution in [0.15, 0.2) is 12.5 Å². The summed E-state index contributed by atoms with van der Waals surface area (Å²) in [5.41, 5.74) is 0. The molecule has 0 aliphatic rings. The summed E-state index contributed by atoms with van der Waals surface area (Å²) in [7, 11) is 0. The molecule has 0 saturated carbocycles. The molecule has 0 bridgehead atoms. The van der Waals surface area contributed by atoms with E-state index in [2.05, 4.69) is 16.2 Å². The van der Waals surface area contributed by atoms with Crippen LogP contribution in [0.1, 0.15) is 0 Å². The Labute approximate surface area is 47.9 Å². The first-order valence-electron chi connectivity index (χ1n) is 1.35. The van der Waals surface area contributed by atoms with Crippen molar-refractivity contribution in [1.82, 2.24) is 9.97 Å². The van der Waals surface area contributed by atoms with E-state index in [1.54, 1.807) is 12.5 Å². The molecule has 1 heterocycles. The molecule has 31 valence electrons. The third kappa shape index (κ3) is 1.29. The smallest absolute Gasteiger partial charge is 0 e. The number of aromatic nitrogens is 2. The first-order chi connectivity index (χ1) is 2.50. The second-order valence-electron chi connectivity index (χ2n) is 0.698. The molecule has 1 N–H and O–H groups in total. The number of hydrogen-bond donors (Lipinski definition) is 1.